The summed E-state index contributed by atoms with van der Waals surface area (Å²) in [5, 5.41) is 3.32. The molecule has 0 aliphatic heterocycles. The number of rotatable bonds is 4. The van der Waals surface area contributed by atoms with Gasteiger partial charge in [0.2, 0.25) is 0 Å². The fourth-order valence-electron chi connectivity index (χ4n) is 2.02. The highest BCUT2D eigenvalue weighted by molar-refractivity contribution is 5.51. The molecule has 4 nitrogen and oxygen atoms in total. The van der Waals surface area contributed by atoms with Crippen molar-refractivity contribution >= 4 is 0 Å². The highest BCUT2D eigenvalue weighted by Gasteiger charge is 2.10. The van der Waals surface area contributed by atoms with Crippen LogP contribution in [0.15, 0.2) is 18.3 Å². The van der Waals surface area contributed by atoms with Gasteiger partial charge in [0.15, 0.2) is 5.82 Å². The average molecular weight is 256 g/mol. The first-order chi connectivity index (χ1) is 9.11. The molecule has 100 valence electrons. The molecule has 0 radical (unpaired) electrons. The SMILES string of the molecule is CCNCc1c(C)nc(-c2cc(C)ccn2)nc1C. The molecular weight excluding hydrogens is 236 g/mol. The highest BCUT2D eigenvalue weighted by Crippen LogP contribution is 2.17. The average Bonchev–Trinajstić information content (AvgIpc) is 2.37. The van der Waals surface area contributed by atoms with E-state index in [1.54, 1.807) is 6.20 Å². The van der Waals surface area contributed by atoms with E-state index in [1.165, 1.54) is 11.1 Å². The lowest BCUT2D eigenvalue weighted by molar-refractivity contribution is 0.711. The normalized spacial score (nSPS) is 10.7. The largest absolute Gasteiger partial charge is 0.313 e. The summed E-state index contributed by atoms with van der Waals surface area (Å²) >= 11 is 0. The van der Waals surface area contributed by atoms with Gasteiger partial charge in [-0.1, -0.05) is 6.92 Å². The van der Waals surface area contributed by atoms with Crippen LogP contribution in [0.2, 0.25) is 0 Å². The van der Waals surface area contributed by atoms with E-state index in [0.29, 0.717) is 5.82 Å². The van der Waals surface area contributed by atoms with Crippen molar-refractivity contribution < 1.29 is 0 Å². The number of nitrogens with one attached hydrogen (secondary N) is 1. The van der Waals surface area contributed by atoms with Crippen molar-refractivity contribution in [1.29, 1.82) is 0 Å². The molecule has 0 unspecified atom stereocenters. The first-order valence-corrected chi connectivity index (χ1v) is 6.59. The van der Waals surface area contributed by atoms with E-state index >= 15 is 0 Å². The van der Waals surface area contributed by atoms with Gasteiger partial charge in [0.1, 0.15) is 5.69 Å². The smallest absolute Gasteiger partial charge is 0.178 e. The molecule has 0 atom stereocenters. The molecule has 19 heavy (non-hydrogen) atoms. The van der Waals surface area contributed by atoms with Crippen LogP contribution in [-0.4, -0.2) is 21.5 Å². The third-order valence-corrected chi connectivity index (χ3v) is 3.12. The Morgan fingerprint density at radius 2 is 1.79 bits per heavy atom. The van der Waals surface area contributed by atoms with Crippen LogP contribution in [-0.2, 0) is 6.54 Å². The van der Waals surface area contributed by atoms with Crippen LogP contribution in [0.5, 0.6) is 0 Å². The Labute approximate surface area is 114 Å². The van der Waals surface area contributed by atoms with Gasteiger partial charge in [0.25, 0.3) is 0 Å². The van der Waals surface area contributed by atoms with E-state index in [2.05, 4.69) is 27.2 Å². The van der Waals surface area contributed by atoms with Gasteiger partial charge in [-0.3, -0.25) is 4.98 Å². The van der Waals surface area contributed by atoms with Crippen LogP contribution in [0.25, 0.3) is 11.5 Å². The molecule has 2 aromatic rings. The van der Waals surface area contributed by atoms with Gasteiger partial charge in [-0.2, -0.15) is 0 Å². The van der Waals surface area contributed by atoms with Crippen LogP contribution < -0.4 is 5.32 Å². The molecule has 0 fully saturated rings. The van der Waals surface area contributed by atoms with Crippen molar-refractivity contribution in [2.75, 3.05) is 6.54 Å². The minimum atomic E-state index is 0.707. The molecule has 0 bridgehead atoms. The van der Waals surface area contributed by atoms with Crippen molar-refractivity contribution in [2.24, 2.45) is 0 Å². The van der Waals surface area contributed by atoms with Gasteiger partial charge < -0.3 is 5.32 Å². The molecule has 0 aliphatic carbocycles. The zero-order valence-electron chi connectivity index (χ0n) is 12.0. The van der Waals surface area contributed by atoms with Gasteiger partial charge in [0, 0.05) is 29.7 Å². The summed E-state index contributed by atoms with van der Waals surface area (Å²) in [5.41, 5.74) is 5.22. The number of nitrogens with zero attached hydrogens (tertiary/aromatic N) is 3. The van der Waals surface area contributed by atoms with Crippen molar-refractivity contribution in [3.63, 3.8) is 0 Å². The van der Waals surface area contributed by atoms with E-state index in [9.17, 15) is 0 Å². The van der Waals surface area contributed by atoms with Crippen LogP contribution in [0.3, 0.4) is 0 Å². The van der Waals surface area contributed by atoms with Crippen molar-refractivity contribution in [2.45, 2.75) is 34.2 Å². The van der Waals surface area contributed by atoms with Crippen molar-refractivity contribution in [3.05, 3.63) is 40.8 Å². The fourth-order valence-corrected chi connectivity index (χ4v) is 2.02. The molecule has 0 aliphatic rings. The summed E-state index contributed by atoms with van der Waals surface area (Å²) in [6, 6.07) is 3.99. The lowest BCUT2D eigenvalue weighted by Crippen LogP contribution is -2.15. The van der Waals surface area contributed by atoms with Crippen molar-refractivity contribution in [1.82, 2.24) is 20.3 Å². The summed E-state index contributed by atoms with van der Waals surface area (Å²) in [4.78, 5) is 13.5. The Morgan fingerprint density at radius 1 is 1.11 bits per heavy atom. The first kappa shape index (κ1) is 13.6. The summed E-state index contributed by atoms with van der Waals surface area (Å²) in [7, 11) is 0. The Hall–Kier alpha value is -1.81. The molecule has 0 saturated heterocycles. The molecular formula is C15H20N4. The Balaban J connectivity index is 2.39. The minimum Gasteiger partial charge on any atom is -0.313 e. The van der Waals surface area contributed by atoms with Crippen molar-refractivity contribution in [3.8, 4) is 11.5 Å². The number of aryl methyl sites for hydroxylation is 3. The van der Waals surface area contributed by atoms with Gasteiger partial charge in [-0.25, -0.2) is 9.97 Å². The third-order valence-electron chi connectivity index (χ3n) is 3.12. The van der Waals surface area contributed by atoms with Gasteiger partial charge >= 0.3 is 0 Å². The fraction of sp³-hybridized carbons (Fsp3) is 0.400. The number of aromatic nitrogens is 3. The molecule has 2 aromatic heterocycles. The number of pyridine rings is 1. The maximum Gasteiger partial charge on any atom is 0.178 e. The van der Waals surface area contributed by atoms with Crippen LogP contribution in [0.4, 0.5) is 0 Å². The zero-order valence-corrected chi connectivity index (χ0v) is 12.0. The molecule has 0 aromatic carbocycles. The quantitative estimate of drug-likeness (QED) is 0.913. The van der Waals surface area contributed by atoms with E-state index in [0.717, 1.165) is 30.2 Å². The summed E-state index contributed by atoms with van der Waals surface area (Å²) in [6.45, 7) is 9.96. The second-order valence-corrected chi connectivity index (χ2v) is 4.70. The standard InChI is InChI=1S/C15H20N4/c1-5-16-9-13-11(3)18-15(19-12(13)4)14-8-10(2)6-7-17-14/h6-8,16H,5,9H2,1-4H3. The molecule has 4 heteroatoms. The van der Waals surface area contributed by atoms with E-state index in [4.69, 9.17) is 0 Å². The third kappa shape index (κ3) is 3.15. The lowest BCUT2D eigenvalue weighted by Gasteiger charge is -2.11. The molecule has 1 N–H and O–H groups in total. The second-order valence-electron chi connectivity index (χ2n) is 4.70. The molecule has 2 heterocycles. The van der Waals surface area contributed by atoms with E-state index in [1.807, 2.05) is 32.9 Å². The highest BCUT2D eigenvalue weighted by atomic mass is 14.9. The second kappa shape index (κ2) is 5.89. The van der Waals surface area contributed by atoms with E-state index in [-0.39, 0.29) is 0 Å². The Morgan fingerprint density at radius 3 is 2.37 bits per heavy atom. The monoisotopic (exact) mass is 256 g/mol. The summed E-state index contributed by atoms with van der Waals surface area (Å²) in [6.07, 6.45) is 1.80. The van der Waals surface area contributed by atoms with Crippen LogP contribution >= 0.6 is 0 Å². The van der Waals surface area contributed by atoms with Gasteiger partial charge in [-0.05, 0) is 45.0 Å². The van der Waals surface area contributed by atoms with Crippen LogP contribution in [0, 0.1) is 20.8 Å². The summed E-state index contributed by atoms with van der Waals surface area (Å²) in [5.74, 6) is 0.707. The lowest BCUT2D eigenvalue weighted by atomic mass is 10.1. The topological polar surface area (TPSA) is 50.7 Å². The number of hydrogen-bond acceptors (Lipinski definition) is 4. The first-order valence-electron chi connectivity index (χ1n) is 6.59. The summed E-state index contributed by atoms with van der Waals surface area (Å²) < 4.78 is 0. The predicted molar refractivity (Wildman–Crippen MR) is 76.9 cm³/mol. The Kier molecular flexibility index (Phi) is 4.22. The maximum absolute atomic E-state index is 4.58. The maximum atomic E-state index is 4.58. The minimum absolute atomic E-state index is 0.707. The van der Waals surface area contributed by atoms with Gasteiger partial charge in [0.05, 0.1) is 0 Å². The molecule has 0 spiro atoms. The van der Waals surface area contributed by atoms with Crippen LogP contribution in [0.1, 0.15) is 29.4 Å². The Bertz CT molecular complexity index is 555. The molecule has 0 amide bonds. The zero-order chi connectivity index (χ0) is 13.8. The van der Waals surface area contributed by atoms with Gasteiger partial charge in [-0.15, -0.1) is 0 Å². The number of hydrogen-bond donors (Lipinski definition) is 1. The van der Waals surface area contributed by atoms with E-state index < -0.39 is 0 Å². The molecule has 0 saturated carbocycles. The predicted octanol–water partition coefficient (Wildman–Crippen LogP) is 2.57. The molecule has 2 rings (SSSR count).